The highest BCUT2D eigenvalue weighted by molar-refractivity contribution is 5.01. The Morgan fingerprint density at radius 3 is 2.81 bits per heavy atom. The quantitative estimate of drug-likeness (QED) is 0.790. The van der Waals surface area contributed by atoms with E-state index in [1.54, 1.807) is 0 Å². The second-order valence-corrected chi connectivity index (χ2v) is 6.08. The van der Waals surface area contributed by atoms with E-state index in [4.69, 9.17) is 0 Å². The molecule has 0 aromatic carbocycles. The highest BCUT2D eigenvalue weighted by Gasteiger charge is 2.43. The molecule has 2 heteroatoms. The van der Waals surface area contributed by atoms with Gasteiger partial charge in [0, 0.05) is 18.1 Å². The van der Waals surface area contributed by atoms with Crippen LogP contribution in [0.3, 0.4) is 0 Å². The zero-order valence-corrected chi connectivity index (χ0v) is 11.3. The van der Waals surface area contributed by atoms with Crippen LogP contribution in [0.25, 0.3) is 0 Å². The Labute approximate surface area is 101 Å². The molecule has 94 valence electrons. The molecule has 0 spiro atoms. The van der Waals surface area contributed by atoms with Crippen LogP contribution in [0.15, 0.2) is 0 Å². The number of hydrogen-bond acceptors (Lipinski definition) is 2. The van der Waals surface area contributed by atoms with Gasteiger partial charge in [0.1, 0.15) is 0 Å². The van der Waals surface area contributed by atoms with Gasteiger partial charge in [-0.05, 0) is 58.5 Å². The van der Waals surface area contributed by atoms with E-state index in [-0.39, 0.29) is 0 Å². The minimum atomic E-state index is 0.401. The van der Waals surface area contributed by atoms with E-state index in [1.165, 1.54) is 51.7 Å². The van der Waals surface area contributed by atoms with Crippen molar-refractivity contribution in [3.05, 3.63) is 0 Å². The maximum atomic E-state index is 3.81. The van der Waals surface area contributed by atoms with Crippen LogP contribution in [-0.2, 0) is 0 Å². The molecule has 1 aliphatic carbocycles. The zero-order chi connectivity index (χ0) is 11.6. The number of hydrogen-bond donors (Lipinski definition) is 1. The van der Waals surface area contributed by atoms with Crippen LogP contribution in [-0.4, -0.2) is 36.1 Å². The molecule has 0 amide bonds. The first-order valence-electron chi connectivity index (χ1n) is 7.15. The van der Waals surface area contributed by atoms with Crippen LogP contribution in [0.2, 0.25) is 0 Å². The first-order chi connectivity index (χ1) is 7.65. The van der Waals surface area contributed by atoms with E-state index in [0.29, 0.717) is 5.54 Å². The van der Waals surface area contributed by atoms with E-state index >= 15 is 0 Å². The molecule has 2 fully saturated rings. The molecule has 16 heavy (non-hydrogen) atoms. The van der Waals surface area contributed by atoms with Crippen molar-refractivity contribution >= 4 is 0 Å². The molecule has 0 aromatic rings. The molecule has 2 aliphatic rings. The fourth-order valence-corrected chi connectivity index (χ4v) is 3.18. The predicted molar refractivity (Wildman–Crippen MR) is 69.7 cm³/mol. The third-order valence-electron chi connectivity index (χ3n) is 4.49. The summed E-state index contributed by atoms with van der Waals surface area (Å²) in [7, 11) is 0. The maximum Gasteiger partial charge on any atom is 0.0308 e. The second kappa shape index (κ2) is 5.05. The lowest BCUT2D eigenvalue weighted by atomic mass is 9.94. The Balaban J connectivity index is 1.97. The van der Waals surface area contributed by atoms with Crippen molar-refractivity contribution in [3.8, 4) is 0 Å². The maximum absolute atomic E-state index is 3.81. The SMILES string of the molecule is CCCC(C)N1CCCNC(C)(C2CC2)C1. The van der Waals surface area contributed by atoms with Gasteiger partial charge in [-0.1, -0.05) is 13.3 Å². The van der Waals surface area contributed by atoms with Crippen molar-refractivity contribution in [1.82, 2.24) is 10.2 Å². The molecule has 2 unspecified atom stereocenters. The van der Waals surface area contributed by atoms with E-state index < -0.39 is 0 Å². The lowest BCUT2D eigenvalue weighted by Crippen LogP contribution is -2.52. The van der Waals surface area contributed by atoms with Gasteiger partial charge in [-0.3, -0.25) is 4.90 Å². The molecule has 1 saturated carbocycles. The number of rotatable bonds is 4. The molecule has 1 aliphatic heterocycles. The number of nitrogens with zero attached hydrogens (tertiary/aromatic N) is 1. The highest BCUT2D eigenvalue weighted by Crippen LogP contribution is 2.40. The smallest absolute Gasteiger partial charge is 0.0308 e. The van der Waals surface area contributed by atoms with Gasteiger partial charge in [0.15, 0.2) is 0 Å². The zero-order valence-electron chi connectivity index (χ0n) is 11.3. The van der Waals surface area contributed by atoms with E-state index in [2.05, 4.69) is 31.0 Å². The first kappa shape index (κ1) is 12.4. The fraction of sp³-hybridized carbons (Fsp3) is 1.00. The molecule has 0 aromatic heterocycles. The molecule has 1 heterocycles. The highest BCUT2D eigenvalue weighted by atomic mass is 15.2. The van der Waals surface area contributed by atoms with Crippen molar-refractivity contribution in [2.45, 2.75) is 64.5 Å². The number of nitrogens with one attached hydrogen (secondary N) is 1. The summed E-state index contributed by atoms with van der Waals surface area (Å²) in [6.45, 7) is 10.9. The second-order valence-electron chi connectivity index (χ2n) is 6.08. The molecular formula is C14H28N2. The van der Waals surface area contributed by atoms with Gasteiger partial charge < -0.3 is 5.32 Å². The van der Waals surface area contributed by atoms with Gasteiger partial charge >= 0.3 is 0 Å². The Kier molecular flexibility index (Phi) is 3.91. The van der Waals surface area contributed by atoms with Crippen molar-refractivity contribution in [2.75, 3.05) is 19.6 Å². The summed E-state index contributed by atoms with van der Waals surface area (Å²) < 4.78 is 0. The monoisotopic (exact) mass is 224 g/mol. The summed E-state index contributed by atoms with van der Waals surface area (Å²) in [6.07, 6.45) is 6.86. The lowest BCUT2D eigenvalue weighted by Gasteiger charge is -2.36. The molecule has 2 rings (SSSR count). The van der Waals surface area contributed by atoms with E-state index in [1.807, 2.05) is 0 Å². The van der Waals surface area contributed by atoms with Crippen LogP contribution in [0.1, 0.15) is 52.9 Å². The Morgan fingerprint density at radius 1 is 1.44 bits per heavy atom. The van der Waals surface area contributed by atoms with Gasteiger partial charge in [-0.15, -0.1) is 0 Å². The lowest BCUT2D eigenvalue weighted by molar-refractivity contribution is 0.153. The van der Waals surface area contributed by atoms with Crippen molar-refractivity contribution in [2.24, 2.45) is 5.92 Å². The van der Waals surface area contributed by atoms with E-state index in [0.717, 1.165) is 12.0 Å². The van der Waals surface area contributed by atoms with E-state index in [9.17, 15) is 0 Å². The summed E-state index contributed by atoms with van der Waals surface area (Å²) in [4.78, 5) is 2.72. The molecule has 1 N–H and O–H groups in total. The molecular weight excluding hydrogens is 196 g/mol. The van der Waals surface area contributed by atoms with Crippen LogP contribution in [0.5, 0.6) is 0 Å². The minimum absolute atomic E-state index is 0.401. The van der Waals surface area contributed by atoms with Crippen LogP contribution in [0, 0.1) is 5.92 Å². The average molecular weight is 224 g/mol. The van der Waals surface area contributed by atoms with Gasteiger partial charge in [-0.2, -0.15) is 0 Å². The molecule has 0 bridgehead atoms. The fourth-order valence-electron chi connectivity index (χ4n) is 3.18. The van der Waals surface area contributed by atoms with Crippen LogP contribution in [0.4, 0.5) is 0 Å². The average Bonchev–Trinajstić information content (AvgIpc) is 3.03. The van der Waals surface area contributed by atoms with Crippen molar-refractivity contribution < 1.29 is 0 Å². The van der Waals surface area contributed by atoms with Gasteiger partial charge in [0.2, 0.25) is 0 Å². The van der Waals surface area contributed by atoms with Gasteiger partial charge in [0.25, 0.3) is 0 Å². The first-order valence-corrected chi connectivity index (χ1v) is 7.15. The van der Waals surface area contributed by atoms with Crippen molar-refractivity contribution in [1.29, 1.82) is 0 Å². The predicted octanol–water partition coefficient (Wildman–Crippen LogP) is 2.64. The van der Waals surface area contributed by atoms with Crippen LogP contribution >= 0.6 is 0 Å². The molecule has 2 atom stereocenters. The molecule has 1 saturated heterocycles. The van der Waals surface area contributed by atoms with Gasteiger partial charge in [0.05, 0.1) is 0 Å². The van der Waals surface area contributed by atoms with Crippen LogP contribution < -0.4 is 5.32 Å². The summed E-state index contributed by atoms with van der Waals surface area (Å²) in [5.41, 5.74) is 0.401. The summed E-state index contributed by atoms with van der Waals surface area (Å²) in [5, 5.41) is 3.81. The summed E-state index contributed by atoms with van der Waals surface area (Å²) in [5.74, 6) is 0.946. The minimum Gasteiger partial charge on any atom is -0.310 e. The normalized spacial score (nSPS) is 34.7. The standard InChI is InChI=1S/C14H28N2/c1-4-6-12(2)16-10-5-9-15-14(3,11-16)13-7-8-13/h12-13,15H,4-11H2,1-3H3. The van der Waals surface area contributed by atoms with Gasteiger partial charge in [-0.25, -0.2) is 0 Å². The summed E-state index contributed by atoms with van der Waals surface area (Å²) >= 11 is 0. The third kappa shape index (κ3) is 2.78. The summed E-state index contributed by atoms with van der Waals surface area (Å²) in [6, 6.07) is 0.767. The topological polar surface area (TPSA) is 15.3 Å². The Bertz CT molecular complexity index is 225. The Hall–Kier alpha value is -0.0800. The molecule has 2 nitrogen and oxygen atoms in total. The Morgan fingerprint density at radius 2 is 2.19 bits per heavy atom. The third-order valence-corrected chi connectivity index (χ3v) is 4.49. The largest absolute Gasteiger partial charge is 0.310 e. The van der Waals surface area contributed by atoms with Crippen molar-refractivity contribution in [3.63, 3.8) is 0 Å². The molecule has 0 radical (unpaired) electrons.